The average Bonchev–Trinajstić information content (AvgIpc) is 2.81. The van der Waals surface area contributed by atoms with Crippen LogP contribution in [0.4, 0.5) is 4.79 Å². The van der Waals surface area contributed by atoms with Crippen LogP contribution in [0.15, 0.2) is 0 Å². The number of rotatable bonds is 8. The molecule has 6 heteroatoms. The Balaban J connectivity index is 2.30. The third kappa shape index (κ3) is 6.33. The van der Waals surface area contributed by atoms with E-state index in [1.165, 1.54) is 0 Å². The molecule has 0 radical (unpaired) electrons. The molecule has 0 spiro atoms. The Labute approximate surface area is 127 Å². The second kappa shape index (κ2) is 8.22. The van der Waals surface area contributed by atoms with E-state index in [4.69, 9.17) is 5.11 Å². The van der Waals surface area contributed by atoms with Gasteiger partial charge >= 0.3 is 12.0 Å². The predicted molar refractivity (Wildman–Crippen MR) is 82.4 cm³/mol. The van der Waals surface area contributed by atoms with Crippen LogP contribution in [0.25, 0.3) is 0 Å². The van der Waals surface area contributed by atoms with E-state index in [-0.39, 0.29) is 12.5 Å². The average molecular weight is 299 g/mol. The first-order valence-corrected chi connectivity index (χ1v) is 7.83. The van der Waals surface area contributed by atoms with Crippen LogP contribution in [0.2, 0.25) is 0 Å². The Morgan fingerprint density at radius 3 is 2.43 bits per heavy atom. The minimum atomic E-state index is -0.851. The van der Waals surface area contributed by atoms with Gasteiger partial charge in [-0.3, -0.25) is 4.79 Å². The molecule has 0 aliphatic heterocycles. The number of carbonyl (C=O) groups is 2. The molecule has 0 unspecified atom stereocenters. The van der Waals surface area contributed by atoms with E-state index in [0.29, 0.717) is 12.6 Å². The van der Waals surface area contributed by atoms with Gasteiger partial charge in [0.15, 0.2) is 0 Å². The molecule has 0 aromatic heterocycles. The van der Waals surface area contributed by atoms with Crippen molar-refractivity contribution < 1.29 is 14.7 Å². The summed E-state index contributed by atoms with van der Waals surface area (Å²) in [6.45, 7) is 5.80. The summed E-state index contributed by atoms with van der Waals surface area (Å²) in [6, 6.07) is 0.251. The van der Waals surface area contributed by atoms with E-state index in [2.05, 4.69) is 36.4 Å². The molecule has 3 N–H and O–H groups in total. The number of carboxylic acids is 1. The number of amides is 2. The number of carbonyl (C=O) groups excluding carboxylic acids is 1. The van der Waals surface area contributed by atoms with E-state index < -0.39 is 11.5 Å². The van der Waals surface area contributed by atoms with Gasteiger partial charge in [0.05, 0.1) is 12.0 Å². The molecule has 0 bridgehead atoms. The van der Waals surface area contributed by atoms with Gasteiger partial charge in [-0.05, 0) is 46.7 Å². The molecule has 1 saturated carbocycles. The standard InChI is InChI=1S/C15H29N3O3/c1-12(2)18(3)10-6-9-16-14(21)17-15(11-13(19)20)7-4-5-8-15/h12H,4-11H2,1-3H3,(H,19,20)(H2,16,17,21). The predicted octanol–water partition coefficient (Wildman–Crippen LogP) is 1.80. The second-order valence-corrected chi connectivity index (χ2v) is 6.37. The summed E-state index contributed by atoms with van der Waals surface area (Å²) in [5.41, 5.74) is -0.551. The van der Waals surface area contributed by atoms with Crippen molar-refractivity contribution in [2.24, 2.45) is 0 Å². The molecule has 0 aromatic carbocycles. The van der Waals surface area contributed by atoms with Gasteiger partial charge in [-0.1, -0.05) is 12.8 Å². The van der Waals surface area contributed by atoms with E-state index >= 15 is 0 Å². The molecule has 0 saturated heterocycles. The summed E-state index contributed by atoms with van der Waals surface area (Å²) in [4.78, 5) is 25.1. The largest absolute Gasteiger partial charge is 0.481 e. The molecular formula is C15H29N3O3. The number of hydrogen-bond acceptors (Lipinski definition) is 3. The quantitative estimate of drug-likeness (QED) is 0.597. The summed E-state index contributed by atoms with van der Waals surface area (Å²) in [5.74, 6) is -0.851. The highest BCUT2D eigenvalue weighted by Gasteiger charge is 2.37. The first-order chi connectivity index (χ1) is 9.84. The van der Waals surface area contributed by atoms with Crippen LogP contribution in [0.5, 0.6) is 0 Å². The first kappa shape index (κ1) is 17.8. The van der Waals surface area contributed by atoms with Crippen LogP contribution in [-0.4, -0.2) is 53.7 Å². The number of urea groups is 1. The van der Waals surface area contributed by atoms with Gasteiger partial charge < -0.3 is 20.6 Å². The van der Waals surface area contributed by atoms with Gasteiger partial charge in [-0.2, -0.15) is 0 Å². The van der Waals surface area contributed by atoms with Crippen molar-refractivity contribution in [2.75, 3.05) is 20.1 Å². The van der Waals surface area contributed by atoms with E-state index in [1.807, 2.05) is 0 Å². The molecule has 6 nitrogen and oxygen atoms in total. The molecule has 1 aliphatic carbocycles. The highest BCUT2D eigenvalue weighted by molar-refractivity contribution is 5.76. The van der Waals surface area contributed by atoms with Crippen LogP contribution in [-0.2, 0) is 4.79 Å². The van der Waals surface area contributed by atoms with Gasteiger partial charge in [0.1, 0.15) is 0 Å². The van der Waals surface area contributed by atoms with E-state index in [0.717, 1.165) is 38.6 Å². The van der Waals surface area contributed by atoms with Crippen molar-refractivity contribution in [3.63, 3.8) is 0 Å². The van der Waals surface area contributed by atoms with Crippen molar-refractivity contribution >= 4 is 12.0 Å². The minimum Gasteiger partial charge on any atom is -0.481 e. The van der Waals surface area contributed by atoms with Crippen LogP contribution in [0.1, 0.15) is 52.4 Å². The SMILES string of the molecule is CC(C)N(C)CCCNC(=O)NC1(CC(=O)O)CCCC1. The van der Waals surface area contributed by atoms with Crippen LogP contribution >= 0.6 is 0 Å². The van der Waals surface area contributed by atoms with Gasteiger partial charge in [-0.25, -0.2) is 4.79 Å². The topological polar surface area (TPSA) is 81.7 Å². The fourth-order valence-electron chi connectivity index (χ4n) is 2.76. The number of nitrogens with zero attached hydrogens (tertiary/aromatic N) is 1. The molecule has 1 aliphatic rings. The Kier molecular flexibility index (Phi) is 6.95. The van der Waals surface area contributed by atoms with Gasteiger partial charge in [0.2, 0.25) is 0 Å². The molecule has 0 heterocycles. The zero-order valence-electron chi connectivity index (χ0n) is 13.4. The molecular weight excluding hydrogens is 270 g/mol. The lowest BCUT2D eigenvalue weighted by Gasteiger charge is -2.28. The lowest BCUT2D eigenvalue weighted by atomic mass is 9.93. The van der Waals surface area contributed by atoms with Crippen molar-refractivity contribution in [2.45, 2.75) is 64.0 Å². The van der Waals surface area contributed by atoms with E-state index in [9.17, 15) is 9.59 Å². The number of nitrogens with one attached hydrogen (secondary N) is 2. The summed E-state index contributed by atoms with van der Waals surface area (Å²) in [7, 11) is 2.06. The highest BCUT2D eigenvalue weighted by atomic mass is 16.4. The summed E-state index contributed by atoms with van der Waals surface area (Å²) in [5, 5.41) is 14.7. The Morgan fingerprint density at radius 1 is 1.29 bits per heavy atom. The monoisotopic (exact) mass is 299 g/mol. The molecule has 0 atom stereocenters. The van der Waals surface area contributed by atoms with Gasteiger partial charge in [0, 0.05) is 12.6 Å². The number of aliphatic carboxylic acids is 1. The second-order valence-electron chi connectivity index (χ2n) is 6.37. The van der Waals surface area contributed by atoms with Crippen molar-refractivity contribution in [1.82, 2.24) is 15.5 Å². The molecule has 1 fully saturated rings. The molecule has 21 heavy (non-hydrogen) atoms. The molecule has 2 amide bonds. The van der Waals surface area contributed by atoms with Crippen LogP contribution < -0.4 is 10.6 Å². The van der Waals surface area contributed by atoms with Crippen LogP contribution in [0.3, 0.4) is 0 Å². The molecule has 122 valence electrons. The maximum absolute atomic E-state index is 11.9. The van der Waals surface area contributed by atoms with Crippen LogP contribution in [0, 0.1) is 0 Å². The zero-order chi connectivity index (χ0) is 15.9. The van der Waals surface area contributed by atoms with Gasteiger partial charge in [-0.15, -0.1) is 0 Å². The third-order valence-corrected chi connectivity index (χ3v) is 4.28. The summed E-state index contributed by atoms with van der Waals surface area (Å²) >= 11 is 0. The van der Waals surface area contributed by atoms with E-state index in [1.54, 1.807) is 0 Å². The number of hydrogen-bond donors (Lipinski definition) is 3. The lowest BCUT2D eigenvalue weighted by molar-refractivity contribution is -0.138. The van der Waals surface area contributed by atoms with Crippen molar-refractivity contribution in [3.05, 3.63) is 0 Å². The Morgan fingerprint density at radius 2 is 1.90 bits per heavy atom. The fraction of sp³-hybridized carbons (Fsp3) is 0.867. The summed E-state index contributed by atoms with van der Waals surface area (Å²) in [6.07, 6.45) is 4.36. The van der Waals surface area contributed by atoms with Gasteiger partial charge in [0.25, 0.3) is 0 Å². The molecule has 0 aromatic rings. The first-order valence-electron chi connectivity index (χ1n) is 7.83. The van der Waals surface area contributed by atoms with Crippen molar-refractivity contribution in [1.29, 1.82) is 0 Å². The zero-order valence-corrected chi connectivity index (χ0v) is 13.4. The highest BCUT2D eigenvalue weighted by Crippen LogP contribution is 2.32. The summed E-state index contributed by atoms with van der Waals surface area (Å²) < 4.78 is 0. The number of carboxylic acid groups (broad SMARTS) is 1. The third-order valence-electron chi connectivity index (χ3n) is 4.28. The lowest BCUT2D eigenvalue weighted by Crippen LogP contribution is -2.51. The minimum absolute atomic E-state index is 0.0104. The normalized spacial score (nSPS) is 17.2. The van der Waals surface area contributed by atoms with Crippen molar-refractivity contribution in [3.8, 4) is 0 Å². The Bertz CT molecular complexity index is 352. The maximum Gasteiger partial charge on any atom is 0.315 e. The smallest absolute Gasteiger partial charge is 0.315 e. The Hall–Kier alpha value is -1.30. The maximum atomic E-state index is 11.9. The fourth-order valence-corrected chi connectivity index (χ4v) is 2.76. The molecule has 1 rings (SSSR count).